The number of carbonyl (C=O) groups is 2. The standard InChI is InChI=1S/C18H24N2O5S/c1-11-6-5-7-12(2)19(11)17(21)13(3)25-18(22)14-8-9-16(26-4)15(10-14)20(23)24/h8-13H,5-7H2,1-4H3/t11-,12+,13-/m1/s1. The van der Waals surface area contributed by atoms with Gasteiger partial charge in [0, 0.05) is 18.2 Å². The number of amides is 1. The Morgan fingerprint density at radius 1 is 1.31 bits per heavy atom. The molecule has 0 saturated carbocycles. The molecule has 1 heterocycles. The number of likely N-dealkylation sites (tertiary alicyclic amines) is 1. The molecule has 0 unspecified atom stereocenters. The lowest BCUT2D eigenvalue weighted by atomic mass is 9.97. The second-order valence-corrected chi connectivity index (χ2v) is 7.41. The Morgan fingerprint density at radius 3 is 2.46 bits per heavy atom. The first-order valence-electron chi connectivity index (χ1n) is 8.61. The summed E-state index contributed by atoms with van der Waals surface area (Å²) in [4.78, 5) is 37.9. The Balaban J connectivity index is 2.12. The quantitative estimate of drug-likeness (QED) is 0.335. The molecule has 0 bridgehead atoms. The number of hydrogen-bond donors (Lipinski definition) is 0. The van der Waals surface area contributed by atoms with Crippen molar-refractivity contribution in [1.29, 1.82) is 0 Å². The lowest BCUT2D eigenvalue weighted by Gasteiger charge is -2.40. The number of hydrogen-bond acceptors (Lipinski definition) is 6. The van der Waals surface area contributed by atoms with E-state index in [9.17, 15) is 19.7 Å². The molecule has 1 aromatic rings. The summed E-state index contributed by atoms with van der Waals surface area (Å²) in [6.07, 6.45) is 3.72. The fraction of sp³-hybridized carbons (Fsp3) is 0.556. The van der Waals surface area contributed by atoms with Crippen LogP contribution in [0.15, 0.2) is 23.1 Å². The molecule has 7 nitrogen and oxygen atoms in total. The number of nitro groups is 1. The number of piperidine rings is 1. The van der Waals surface area contributed by atoms with E-state index in [4.69, 9.17) is 4.74 Å². The van der Waals surface area contributed by atoms with Crippen molar-refractivity contribution >= 4 is 29.3 Å². The number of nitrogens with zero attached hydrogens (tertiary/aromatic N) is 2. The molecule has 3 atom stereocenters. The van der Waals surface area contributed by atoms with Crippen LogP contribution in [0.4, 0.5) is 5.69 Å². The maximum Gasteiger partial charge on any atom is 0.339 e. The Morgan fingerprint density at radius 2 is 1.92 bits per heavy atom. The number of rotatable bonds is 5. The minimum Gasteiger partial charge on any atom is -0.449 e. The van der Waals surface area contributed by atoms with Gasteiger partial charge in [-0.1, -0.05) is 0 Å². The van der Waals surface area contributed by atoms with Gasteiger partial charge in [0.25, 0.3) is 11.6 Å². The summed E-state index contributed by atoms with van der Waals surface area (Å²) in [6.45, 7) is 5.53. The molecule has 1 aromatic carbocycles. The normalized spacial score (nSPS) is 21.2. The zero-order chi connectivity index (χ0) is 19.4. The molecule has 0 radical (unpaired) electrons. The molecule has 1 saturated heterocycles. The Hall–Kier alpha value is -2.09. The third-order valence-corrected chi connectivity index (χ3v) is 5.48. The first kappa shape index (κ1) is 20.2. The molecule has 0 spiro atoms. The smallest absolute Gasteiger partial charge is 0.339 e. The van der Waals surface area contributed by atoms with Crippen LogP contribution in [0.25, 0.3) is 0 Å². The van der Waals surface area contributed by atoms with Crippen LogP contribution in [0.3, 0.4) is 0 Å². The summed E-state index contributed by atoms with van der Waals surface area (Å²) < 4.78 is 5.30. The van der Waals surface area contributed by atoms with Crippen LogP contribution in [0, 0.1) is 10.1 Å². The van der Waals surface area contributed by atoms with Gasteiger partial charge in [0.15, 0.2) is 6.10 Å². The van der Waals surface area contributed by atoms with Crippen molar-refractivity contribution in [2.24, 2.45) is 0 Å². The summed E-state index contributed by atoms with van der Waals surface area (Å²) in [7, 11) is 0. The lowest BCUT2D eigenvalue weighted by Crippen LogP contribution is -2.51. The molecule has 8 heteroatoms. The highest BCUT2D eigenvalue weighted by molar-refractivity contribution is 7.98. The van der Waals surface area contributed by atoms with Gasteiger partial charge in [-0.2, -0.15) is 0 Å². The van der Waals surface area contributed by atoms with Crippen molar-refractivity contribution < 1.29 is 19.2 Å². The topological polar surface area (TPSA) is 89.8 Å². The maximum atomic E-state index is 12.7. The van der Waals surface area contributed by atoms with Gasteiger partial charge in [-0.25, -0.2) is 4.79 Å². The predicted octanol–water partition coefficient (Wildman–Crippen LogP) is 3.65. The molecule has 0 N–H and O–H groups in total. The van der Waals surface area contributed by atoms with Crippen molar-refractivity contribution in [3.05, 3.63) is 33.9 Å². The Kier molecular flexibility index (Phi) is 6.63. The molecular weight excluding hydrogens is 356 g/mol. The van der Waals surface area contributed by atoms with Gasteiger partial charge in [-0.05, 0) is 58.4 Å². The zero-order valence-corrected chi connectivity index (χ0v) is 16.2. The zero-order valence-electron chi connectivity index (χ0n) is 15.4. The van der Waals surface area contributed by atoms with Crippen LogP contribution < -0.4 is 0 Å². The second kappa shape index (κ2) is 8.53. The SMILES string of the molecule is CSc1ccc(C(=O)O[C@H](C)C(=O)N2[C@H](C)CCC[C@@H]2C)cc1[N+](=O)[O-]. The summed E-state index contributed by atoms with van der Waals surface area (Å²) >= 11 is 1.23. The number of benzene rings is 1. The molecule has 2 rings (SSSR count). The van der Waals surface area contributed by atoms with E-state index in [1.165, 1.54) is 30.0 Å². The first-order valence-corrected chi connectivity index (χ1v) is 9.84. The monoisotopic (exact) mass is 380 g/mol. The number of thioether (sulfide) groups is 1. The highest BCUT2D eigenvalue weighted by Crippen LogP contribution is 2.29. The van der Waals surface area contributed by atoms with Gasteiger partial charge >= 0.3 is 5.97 Å². The average molecular weight is 380 g/mol. The minimum atomic E-state index is -0.940. The van der Waals surface area contributed by atoms with Gasteiger partial charge in [-0.15, -0.1) is 11.8 Å². The molecule has 1 aliphatic heterocycles. The van der Waals surface area contributed by atoms with E-state index in [0.717, 1.165) is 19.3 Å². The van der Waals surface area contributed by atoms with Crippen molar-refractivity contribution in [2.45, 2.75) is 63.1 Å². The van der Waals surface area contributed by atoms with Crippen LogP contribution in [0.5, 0.6) is 0 Å². The van der Waals surface area contributed by atoms with E-state index in [-0.39, 0.29) is 29.2 Å². The van der Waals surface area contributed by atoms with Crippen molar-refractivity contribution in [3.63, 3.8) is 0 Å². The van der Waals surface area contributed by atoms with E-state index in [1.54, 1.807) is 18.1 Å². The molecule has 1 fully saturated rings. The van der Waals surface area contributed by atoms with E-state index in [0.29, 0.717) is 4.90 Å². The van der Waals surface area contributed by atoms with E-state index in [1.807, 2.05) is 13.8 Å². The number of carbonyl (C=O) groups excluding carboxylic acids is 2. The summed E-state index contributed by atoms with van der Waals surface area (Å²) in [5.74, 6) is -0.966. The molecule has 142 valence electrons. The largest absolute Gasteiger partial charge is 0.449 e. The van der Waals surface area contributed by atoms with Crippen LogP contribution in [-0.4, -0.2) is 46.1 Å². The summed E-state index contributed by atoms with van der Waals surface area (Å²) in [5.41, 5.74) is -0.0851. The van der Waals surface area contributed by atoms with Crippen LogP contribution in [0.2, 0.25) is 0 Å². The number of ether oxygens (including phenoxy) is 1. The van der Waals surface area contributed by atoms with Crippen molar-refractivity contribution in [3.8, 4) is 0 Å². The molecule has 0 aromatic heterocycles. The number of nitro benzene ring substituents is 1. The Bertz CT molecular complexity index is 699. The molecule has 1 aliphatic rings. The summed E-state index contributed by atoms with van der Waals surface area (Å²) in [5, 5.41) is 11.1. The van der Waals surface area contributed by atoms with Crippen LogP contribution in [0.1, 0.15) is 50.4 Å². The Labute approximate surface area is 157 Å². The van der Waals surface area contributed by atoms with Crippen molar-refractivity contribution in [1.82, 2.24) is 4.90 Å². The lowest BCUT2D eigenvalue weighted by molar-refractivity contribution is -0.387. The highest BCUT2D eigenvalue weighted by Gasteiger charge is 2.33. The van der Waals surface area contributed by atoms with Gasteiger partial charge in [-0.3, -0.25) is 14.9 Å². The maximum absolute atomic E-state index is 12.7. The van der Waals surface area contributed by atoms with E-state index >= 15 is 0 Å². The van der Waals surface area contributed by atoms with Crippen LogP contribution >= 0.6 is 11.8 Å². The third-order valence-electron chi connectivity index (χ3n) is 4.69. The molecule has 0 aliphatic carbocycles. The van der Waals surface area contributed by atoms with Crippen molar-refractivity contribution in [2.75, 3.05) is 6.26 Å². The molecule has 1 amide bonds. The molecule has 26 heavy (non-hydrogen) atoms. The number of esters is 1. The fourth-order valence-electron chi connectivity index (χ4n) is 3.30. The van der Waals surface area contributed by atoms with Gasteiger partial charge in [0.1, 0.15) is 0 Å². The fourth-order valence-corrected chi connectivity index (χ4v) is 3.85. The molecular formula is C18H24N2O5S. The minimum absolute atomic E-state index is 0.0638. The average Bonchev–Trinajstić information content (AvgIpc) is 2.60. The van der Waals surface area contributed by atoms with Crippen LogP contribution in [-0.2, 0) is 9.53 Å². The van der Waals surface area contributed by atoms with E-state index in [2.05, 4.69) is 0 Å². The van der Waals surface area contributed by atoms with Gasteiger partial charge < -0.3 is 9.64 Å². The predicted molar refractivity (Wildman–Crippen MR) is 99.4 cm³/mol. The van der Waals surface area contributed by atoms with E-state index < -0.39 is 17.0 Å². The van der Waals surface area contributed by atoms with Gasteiger partial charge in [0.2, 0.25) is 0 Å². The third kappa shape index (κ3) is 4.35. The second-order valence-electron chi connectivity index (χ2n) is 6.57. The first-order chi connectivity index (χ1) is 12.3. The highest BCUT2D eigenvalue weighted by atomic mass is 32.2. The summed E-state index contributed by atoms with van der Waals surface area (Å²) in [6, 6.07) is 4.39. The van der Waals surface area contributed by atoms with Gasteiger partial charge in [0.05, 0.1) is 15.4 Å².